The molecule has 2 amide bonds. The Hall–Kier alpha value is -1.89. The number of nitrogens with zero attached hydrogens (tertiary/aromatic N) is 1. The second-order valence-corrected chi connectivity index (χ2v) is 8.14. The molecule has 0 saturated carbocycles. The third-order valence-electron chi connectivity index (χ3n) is 4.88. The van der Waals surface area contributed by atoms with E-state index in [9.17, 15) is 4.79 Å². The largest absolute Gasteiger partial charge is 0.379 e. The monoisotopic (exact) mass is 445 g/mol. The first-order valence-electron chi connectivity index (χ1n) is 9.76. The molecule has 2 aromatic carbocycles. The molecule has 150 valence electrons. The predicted molar refractivity (Wildman–Crippen MR) is 115 cm³/mol. The van der Waals surface area contributed by atoms with Gasteiger partial charge in [-0.1, -0.05) is 58.4 Å². The smallest absolute Gasteiger partial charge is 0.315 e. The van der Waals surface area contributed by atoms with Crippen molar-refractivity contribution in [3.05, 3.63) is 70.2 Å². The van der Waals surface area contributed by atoms with Gasteiger partial charge in [0.05, 0.1) is 19.3 Å². The van der Waals surface area contributed by atoms with Gasteiger partial charge in [-0.15, -0.1) is 0 Å². The van der Waals surface area contributed by atoms with E-state index < -0.39 is 0 Å². The molecule has 28 heavy (non-hydrogen) atoms. The van der Waals surface area contributed by atoms with Gasteiger partial charge in [-0.2, -0.15) is 0 Å². The van der Waals surface area contributed by atoms with Gasteiger partial charge in [0, 0.05) is 30.1 Å². The number of carbonyl (C=O) groups excluding carboxylic acids is 1. The van der Waals surface area contributed by atoms with Crippen molar-refractivity contribution >= 4 is 22.0 Å². The maximum absolute atomic E-state index is 12.7. The van der Waals surface area contributed by atoms with Gasteiger partial charge in [0.15, 0.2) is 0 Å². The summed E-state index contributed by atoms with van der Waals surface area (Å²) in [5.74, 6) is 0. The van der Waals surface area contributed by atoms with Crippen LogP contribution in [0, 0.1) is 0 Å². The predicted octanol–water partition coefficient (Wildman–Crippen LogP) is 3.75. The number of rotatable bonds is 7. The summed E-state index contributed by atoms with van der Waals surface area (Å²) in [7, 11) is 0. The van der Waals surface area contributed by atoms with Crippen molar-refractivity contribution in [1.29, 1.82) is 0 Å². The SMILES string of the molecule is CC(Cc1ccc(Br)cc1)NC(=O)NC(CN1CCOCC1)c1ccccc1. The van der Waals surface area contributed by atoms with Crippen LogP contribution in [-0.4, -0.2) is 49.8 Å². The lowest BCUT2D eigenvalue weighted by Crippen LogP contribution is -2.47. The first kappa shape index (κ1) is 20.8. The minimum absolute atomic E-state index is 0.0426. The quantitative estimate of drug-likeness (QED) is 0.681. The van der Waals surface area contributed by atoms with Gasteiger partial charge in [-0.05, 0) is 36.6 Å². The highest BCUT2D eigenvalue weighted by Gasteiger charge is 2.20. The van der Waals surface area contributed by atoms with Crippen molar-refractivity contribution in [2.75, 3.05) is 32.8 Å². The fraction of sp³-hybridized carbons (Fsp3) is 0.409. The number of amides is 2. The van der Waals surface area contributed by atoms with Gasteiger partial charge in [0.2, 0.25) is 0 Å². The molecular formula is C22H28BrN3O2. The number of morpholine rings is 1. The number of hydrogen-bond acceptors (Lipinski definition) is 3. The summed E-state index contributed by atoms with van der Waals surface area (Å²) in [5.41, 5.74) is 2.31. The summed E-state index contributed by atoms with van der Waals surface area (Å²) in [4.78, 5) is 15.0. The molecular weight excluding hydrogens is 418 g/mol. The van der Waals surface area contributed by atoms with Crippen molar-refractivity contribution in [3.63, 3.8) is 0 Å². The molecule has 0 radical (unpaired) electrons. The lowest BCUT2D eigenvalue weighted by atomic mass is 10.1. The maximum atomic E-state index is 12.7. The molecule has 1 heterocycles. The van der Waals surface area contributed by atoms with E-state index >= 15 is 0 Å². The molecule has 2 atom stereocenters. The summed E-state index contributed by atoms with van der Waals surface area (Å²) in [6.45, 7) is 6.10. The van der Waals surface area contributed by atoms with Crippen molar-refractivity contribution in [2.45, 2.75) is 25.4 Å². The topological polar surface area (TPSA) is 53.6 Å². The molecule has 2 unspecified atom stereocenters. The second-order valence-electron chi connectivity index (χ2n) is 7.23. The average Bonchev–Trinajstić information content (AvgIpc) is 2.70. The number of ether oxygens (including phenoxy) is 1. The Kier molecular flexibility index (Phi) is 7.89. The van der Waals surface area contributed by atoms with Crippen LogP contribution in [0.15, 0.2) is 59.1 Å². The maximum Gasteiger partial charge on any atom is 0.315 e. The van der Waals surface area contributed by atoms with Crippen molar-refractivity contribution in [1.82, 2.24) is 15.5 Å². The Morgan fingerprint density at radius 2 is 1.75 bits per heavy atom. The number of urea groups is 1. The van der Waals surface area contributed by atoms with Crippen molar-refractivity contribution < 1.29 is 9.53 Å². The average molecular weight is 446 g/mol. The Morgan fingerprint density at radius 3 is 2.43 bits per heavy atom. The summed E-state index contributed by atoms with van der Waals surface area (Å²) in [6, 6.07) is 18.2. The van der Waals surface area contributed by atoms with Crippen LogP contribution in [0.2, 0.25) is 0 Å². The van der Waals surface area contributed by atoms with Crippen LogP contribution < -0.4 is 10.6 Å². The molecule has 0 bridgehead atoms. The minimum Gasteiger partial charge on any atom is -0.379 e. The molecule has 1 saturated heterocycles. The molecule has 0 spiro atoms. The second kappa shape index (κ2) is 10.6. The number of carbonyl (C=O) groups is 1. The highest BCUT2D eigenvalue weighted by molar-refractivity contribution is 9.10. The van der Waals surface area contributed by atoms with E-state index in [4.69, 9.17) is 4.74 Å². The van der Waals surface area contributed by atoms with Crippen LogP contribution in [0.1, 0.15) is 24.1 Å². The highest BCUT2D eigenvalue weighted by Crippen LogP contribution is 2.16. The van der Waals surface area contributed by atoms with E-state index in [0.29, 0.717) is 0 Å². The first-order valence-corrected chi connectivity index (χ1v) is 10.6. The molecule has 2 N–H and O–H groups in total. The Labute approximate surface area is 175 Å². The number of nitrogens with one attached hydrogen (secondary N) is 2. The van der Waals surface area contributed by atoms with Crippen LogP contribution in [0.5, 0.6) is 0 Å². The van der Waals surface area contributed by atoms with Crippen LogP contribution in [0.25, 0.3) is 0 Å². The number of halogens is 1. The molecule has 1 fully saturated rings. The van der Waals surface area contributed by atoms with Gasteiger partial charge in [-0.25, -0.2) is 4.79 Å². The zero-order valence-corrected chi connectivity index (χ0v) is 17.8. The van der Waals surface area contributed by atoms with Gasteiger partial charge < -0.3 is 15.4 Å². The molecule has 2 aromatic rings. The zero-order valence-electron chi connectivity index (χ0n) is 16.2. The Morgan fingerprint density at radius 1 is 1.07 bits per heavy atom. The van der Waals surface area contributed by atoms with Gasteiger partial charge in [-0.3, -0.25) is 4.90 Å². The Balaban J connectivity index is 1.57. The normalized spacial score (nSPS) is 16.9. The first-order chi connectivity index (χ1) is 13.6. The fourth-order valence-corrected chi connectivity index (χ4v) is 3.67. The third-order valence-corrected chi connectivity index (χ3v) is 5.41. The van der Waals surface area contributed by atoms with Crippen molar-refractivity contribution in [3.8, 4) is 0 Å². The lowest BCUT2D eigenvalue weighted by molar-refractivity contribution is 0.0339. The highest BCUT2D eigenvalue weighted by atomic mass is 79.9. The lowest BCUT2D eigenvalue weighted by Gasteiger charge is -2.31. The fourth-order valence-electron chi connectivity index (χ4n) is 3.41. The molecule has 0 aliphatic carbocycles. The molecule has 3 rings (SSSR count). The standard InChI is InChI=1S/C22H28BrN3O2/c1-17(15-18-7-9-20(23)10-8-18)24-22(27)25-21(19-5-3-2-4-6-19)16-26-11-13-28-14-12-26/h2-10,17,21H,11-16H2,1H3,(H2,24,25,27). The van der Waals surface area contributed by atoms with E-state index in [0.717, 1.165) is 49.3 Å². The van der Waals surface area contributed by atoms with E-state index in [1.807, 2.05) is 37.3 Å². The molecule has 1 aliphatic rings. The van der Waals surface area contributed by atoms with Gasteiger partial charge >= 0.3 is 6.03 Å². The third kappa shape index (κ3) is 6.62. The van der Waals surface area contributed by atoms with E-state index in [1.165, 1.54) is 5.56 Å². The van der Waals surface area contributed by atoms with E-state index in [1.54, 1.807) is 0 Å². The van der Waals surface area contributed by atoms with Crippen LogP contribution in [0.3, 0.4) is 0 Å². The van der Waals surface area contributed by atoms with Gasteiger partial charge in [0.1, 0.15) is 0 Å². The zero-order chi connectivity index (χ0) is 19.8. The molecule has 0 aromatic heterocycles. The van der Waals surface area contributed by atoms with Gasteiger partial charge in [0.25, 0.3) is 0 Å². The van der Waals surface area contributed by atoms with E-state index in [2.05, 4.69) is 55.7 Å². The van der Waals surface area contributed by atoms with Crippen LogP contribution >= 0.6 is 15.9 Å². The Bertz CT molecular complexity index is 733. The summed E-state index contributed by atoms with van der Waals surface area (Å²) in [5, 5.41) is 6.24. The summed E-state index contributed by atoms with van der Waals surface area (Å²) < 4.78 is 6.50. The summed E-state index contributed by atoms with van der Waals surface area (Å²) >= 11 is 3.45. The van der Waals surface area contributed by atoms with Crippen molar-refractivity contribution in [2.24, 2.45) is 0 Å². The van der Waals surface area contributed by atoms with Crippen LogP contribution in [0.4, 0.5) is 4.79 Å². The van der Waals surface area contributed by atoms with Crippen LogP contribution in [-0.2, 0) is 11.2 Å². The molecule has 6 heteroatoms. The number of benzene rings is 2. The molecule has 5 nitrogen and oxygen atoms in total. The summed E-state index contributed by atoms with van der Waals surface area (Å²) in [6.07, 6.45) is 0.792. The van der Waals surface area contributed by atoms with E-state index in [-0.39, 0.29) is 18.1 Å². The minimum atomic E-state index is -0.133. The molecule has 1 aliphatic heterocycles. The number of hydrogen-bond donors (Lipinski definition) is 2.